The standard InChI is InChI=1S/C10H15N5/c1-2-5-15-8-10(7-13-15)11-6-9-3-4-12-14-9/h3-4,7-8,11H,2,5-6H2,1H3,(H,12,14). The fraction of sp³-hybridized carbons (Fsp3) is 0.400. The van der Waals surface area contributed by atoms with Gasteiger partial charge in [-0.25, -0.2) is 0 Å². The SMILES string of the molecule is CCCn1cc(NCc2ccn[nH]2)cn1. The molecule has 80 valence electrons. The van der Waals surface area contributed by atoms with Crippen LogP contribution < -0.4 is 5.32 Å². The van der Waals surface area contributed by atoms with Gasteiger partial charge in [-0.05, 0) is 12.5 Å². The zero-order valence-electron chi connectivity index (χ0n) is 8.77. The van der Waals surface area contributed by atoms with Gasteiger partial charge < -0.3 is 5.32 Å². The first-order chi connectivity index (χ1) is 7.38. The third-order valence-corrected chi connectivity index (χ3v) is 2.13. The van der Waals surface area contributed by atoms with Crippen LogP contribution in [0.25, 0.3) is 0 Å². The van der Waals surface area contributed by atoms with Gasteiger partial charge in [-0.1, -0.05) is 6.92 Å². The van der Waals surface area contributed by atoms with Crippen LogP contribution in [0.1, 0.15) is 19.0 Å². The maximum Gasteiger partial charge on any atom is 0.0729 e. The average molecular weight is 205 g/mol. The van der Waals surface area contributed by atoms with Crippen molar-refractivity contribution in [3.05, 3.63) is 30.4 Å². The monoisotopic (exact) mass is 205 g/mol. The van der Waals surface area contributed by atoms with E-state index in [0.717, 1.165) is 30.9 Å². The molecule has 0 aromatic carbocycles. The van der Waals surface area contributed by atoms with E-state index >= 15 is 0 Å². The van der Waals surface area contributed by atoms with E-state index in [1.807, 2.05) is 23.1 Å². The second-order valence-corrected chi connectivity index (χ2v) is 3.43. The van der Waals surface area contributed by atoms with Crippen LogP contribution in [-0.2, 0) is 13.1 Å². The van der Waals surface area contributed by atoms with E-state index in [0.29, 0.717) is 0 Å². The molecule has 0 unspecified atom stereocenters. The Morgan fingerprint density at radius 3 is 3.20 bits per heavy atom. The van der Waals surface area contributed by atoms with Crippen LogP contribution in [0, 0.1) is 0 Å². The van der Waals surface area contributed by atoms with Crippen molar-refractivity contribution in [2.75, 3.05) is 5.32 Å². The van der Waals surface area contributed by atoms with E-state index in [4.69, 9.17) is 0 Å². The number of anilines is 1. The number of aromatic nitrogens is 4. The first kappa shape index (κ1) is 9.76. The van der Waals surface area contributed by atoms with Gasteiger partial charge in [0.2, 0.25) is 0 Å². The highest BCUT2D eigenvalue weighted by Crippen LogP contribution is 2.06. The predicted molar refractivity (Wildman–Crippen MR) is 58.4 cm³/mol. The number of H-pyrrole nitrogens is 1. The van der Waals surface area contributed by atoms with E-state index in [9.17, 15) is 0 Å². The maximum atomic E-state index is 4.23. The second kappa shape index (κ2) is 4.63. The maximum absolute atomic E-state index is 4.23. The van der Waals surface area contributed by atoms with Gasteiger partial charge in [-0.3, -0.25) is 9.78 Å². The van der Waals surface area contributed by atoms with Gasteiger partial charge >= 0.3 is 0 Å². The Hall–Kier alpha value is -1.78. The minimum atomic E-state index is 0.748. The third-order valence-electron chi connectivity index (χ3n) is 2.13. The third kappa shape index (κ3) is 2.59. The molecule has 2 aromatic heterocycles. The summed E-state index contributed by atoms with van der Waals surface area (Å²) in [7, 11) is 0. The minimum Gasteiger partial charge on any atom is -0.377 e. The Kier molecular flexibility index (Phi) is 3.02. The normalized spacial score (nSPS) is 10.5. The molecule has 0 atom stereocenters. The van der Waals surface area contributed by atoms with Crippen molar-refractivity contribution in [3.8, 4) is 0 Å². The molecule has 0 radical (unpaired) electrons. The lowest BCUT2D eigenvalue weighted by atomic mass is 10.4. The number of nitrogens with one attached hydrogen (secondary N) is 2. The number of aryl methyl sites for hydroxylation is 1. The molecule has 0 aliphatic rings. The first-order valence-corrected chi connectivity index (χ1v) is 5.13. The van der Waals surface area contributed by atoms with E-state index in [-0.39, 0.29) is 0 Å². The van der Waals surface area contributed by atoms with Crippen LogP contribution in [0.5, 0.6) is 0 Å². The summed E-state index contributed by atoms with van der Waals surface area (Å²) in [6.45, 7) is 3.85. The van der Waals surface area contributed by atoms with Gasteiger partial charge in [-0.2, -0.15) is 10.2 Å². The van der Waals surface area contributed by atoms with Crippen LogP contribution in [0.15, 0.2) is 24.7 Å². The largest absolute Gasteiger partial charge is 0.377 e. The van der Waals surface area contributed by atoms with Crippen molar-refractivity contribution in [1.29, 1.82) is 0 Å². The fourth-order valence-corrected chi connectivity index (χ4v) is 1.39. The van der Waals surface area contributed by atoms with E-state index in [1.165, 1.54) is 0 Å². The molecule has 0 saturated carbocycles. The molecule has 0 spiro atoms. The highest BCUT2D eigenvalue weighted by atomic mass is 15.3. The molecular weight excluding hydrogens is 190 g/mol. The molecule has 2 aromatic rings. The summed E-state index contributed by atoms with van der Waals surface area (Å²) in [6.07, 6.45) is 6.70. The number of aromatic amines is 1. The van der Waals surface area contributed by atoms with Gasteiger partial charge in [0, 0.05) is 18.9 Å². The van der Waals surface area contributed by atoms with Gasteiger partial charge in [0.15, 0.2) is 0 Å². The summed E-state index contributed by atoms with van der Waals surface area (Å²) in [5.41, 5.74) is 2.11. The molecule has 2 rings (SSSR count). The summed E-state index contributed by atoms with van der Waals surface area (Å²) < 4.78 is 1.94. The molecule has 15 heavy (non-hydrogen) atoms. The highest BCUT2D eigenvalue weighted by molar-refractivity contribution is 5.38. The van der Waals surface area contributed by atoms with Crippen LogP contribution in [0.3, 0.4) is 0 Å². The molecule has 0 aliphatic heterocycles. The number of rotatable bonds is 5. The molecule has 0 aliphatic carbocycles. The number of hydrogen-bond acceptors (Lipinski definition) is 3. The Labute approximate surface area is 88.5 Å². The molecule has 0 bridgehead atoms. The van der Waals surface area contributed by atoms with Crippen LogP contribution in [-0.4, -0.2) is 20.0 Å². The number of nitrogens with zero attached hydrogens (tertiary/aromatic N) is 3. The zero-order chi connectivity index (χ0) is 10.5. The highest BCUT2D eigenvalue weighted by Gasteiger charge is 1.98. The Bertz CT molecular complexity index is 390. The molecule has 2 heterocycles. The van der Waals surface area contributed by atoms with Crippen LogP contribution >= 0.6 is 0 Å². The Balaban J connectivity index is 1.88. The van der Waals surface area contributed by atoms with E-state index in [2.05, 4.69) is 27.5 Å². The molecule has 5 heteroatoms. The van der Waals surface area contributed by atoms with Crippen molar-refractivity contribution in [2.45, 2.75) is 26.4 Å². The summed E-state index contributed by atoms with van der Waals surface area (Å²) in [4.78, 5) is 0. The van der Waals surface area contributed by atoms with Gasteiger partial charge in [0.05, 0.1) is 24.1 Å². The topological polar surface area (TPSA) is 58.5 Å². The Morgan fingerprint density at radius 2 is 2.47 bits per heavy atom. The lowest BCUT2D eigenvalue weighted by Crippen LogP contribution is -1.99. The van der Waals surface area contributed by atoms with E-state index < -0.39 is 0 Å². The molecule has 0 fully saturated rings. The molecular formula is C10H15N5. The average Bonchev–Trinajstić information content (AvgIpc) is 2.85. The zero-order valence-corrected chi connectivity index (χ0v) is 8.77. The molecule has 0 amide bonds. The van der Waals surface area contributed by atoms with Crippen molar-refractivity contribution in [3.63, 3.8) is 0 Å². The smallest absolute Gasteiger partial charge is 0.0729 e. The fourth-order valence-electron chi connectivity index (χ4n) is 1.39. The molecule has 5 nitrogen and oxygen atoms in total. The van der Waals surface area contributed by atoms with Gasteiger partial charge in [0.1, 0.15) is 0 Å². The first-order valence-electron chi connectivity index (χ1n) is 5.13. The molecule has 2 N–H and O–H groups in total. The minimum absolute atomic E-state index is 0.748. The van der Waals surface area contributed by atoms with Crippen molar-refractivity contribution >= 4 is 5.69 Å². The predicted octanol–water partition coefficient (Wildman–Crippen LogP) is 1.63. The summed E-state index contributed by atoms with van der Waals surface area (Å²) in [5, 5.41) is 14.3. The quantitative estimate of drug-likeness (QED) is 0.780. The Morgan fingerprint density at radius 1 is 1.53 bits per heavy atom. The van der Waals surface area contributed by atoms with Crippen LogP contribution in [0.4, 0.5) is 5.69 Å². The van der Waals surface area contributed by atoms with Crippen molar-refractivity contribution in [1.82, 2.24) is 20.0 Å². The number of hydrogen-bond donors (Lipinski definition) is 2. The van der Waals surface area contributed by atoms with Crippen molar-refractivity contribution in [2.24, 2.45) is 0 Å². The second-order valence-electron chi connectivity index (χ2n) is 3.43. The van der Waals surface area contributed by atoms with Gasteiger partial charge in [0.25, 0.3) is 0 Å². The van der Waals surface area contributed by atoms with E-state index in [1.54, 1.807) is 6.20 Å². The van der Waals surface area contributed by atoms with Crippen LogP contribution in [0.2, 0.25) is 0 Å². The molecule has 0 saturated heterocycles. The lowest BCUT2D eigenvalue weighted by molar-refractivity contribution is 0.603. The van der Waals surface area contributed by atoms with Gasteiger partial charge in [-0.15, -0.1) is 0 Å². The van der Waals surface area contributed by atoms with Crippen molar-refractivity contribution < 1.29 is 0 Å². The summed E-state index contributed by atoms with van der Waals surface area (Å²) in [6, 6.07) is 1.95. The lowest BCUT2D eigenvalue weighted by Gasteiger charge is -2.00. The summed E-state index contributed by atoms with van der Waals surface area (Å²) >= 11 is 0. The summed E-state index contributed by atoms with van der Waals surface area (Å²) in [5.74, 6) is 0.